The molecule has 1 aliphatic heterocycles. The van der Waals surface area contributed by atoms with E-state index in [1.54, 1.807) is 0 Å². The number of aromatic carboxylic acids is 1. The van der Waals surface area contributed by atoms with Gasteiger partial charge in [0.1, 0.15) is 11.7 Å². The number of carbonyl (C=O) groups is 3. The number of carboxylic acid groups (broad SMARTS) is 1. The Bertz CT molecular complexity index is 656. The highest BCUT2D eigenvalue weighted by Gasteiger charge is 2.37. The number of likely N-dealkylation sites (N-methyl/N-ethyl adjacent to an activating group) is 1. The summed E-state index contributed by atoms with van der Waals surface area (Å²) in [6.07, 6.45) is -0.135. The number of hydrogen-bond donors (Lipinski definition) is 2. The van der Waals surface area contributed by atoms with E-state index in [0.717, 1.165) is 23.1 Å². The molecule has 1 saturated heterocycles. The van der Waals surface area contributed by atoms with Crippen LogP contribution in [0.3, 0.4) is 0 Å². The number of nitrogens with one attached hydrogen (secondary N) is 1. The third-order valence-corrected chi connectivity index (χ3v) is 3.15. The van der Waals surface area contributed by atoms with Crippen molar-refractivity contribution in [1.29, 1.82) is 0 Å². The van der Waals surface area contributed by atoms with E-state index in [2.05, 4.69) is 5.32 Å². The van der Waals surface area contributed by atoms with Crippen molar-refractivity contribution in [3.8, 4) is 0 Å². The Morgan fingerprint density at radius 3 is 2.62 bits per heavy atom. The second-order valence-corrected chi connectivity index (χ2v) is 4.49. The lowest BCUT2D eigenvalue weighted by Gasteiger charge is -2.13. The summed E-state index contributed by atoms with van der Waals surface area (Å²) in [4.78, 5) is 45.3. The number of nitrogens with zero attached hydrogens (tertiary/aromatic N) is 2. The van der Waals surface area contributed by atoms with Crippen LogP contribution in [0.4, 0.5) is 11.4 Å². The van der Waals surface area contributed by atoms with Crippen LogP contribution in [0.15, 0.2) is 18.2 Å². The van der Waals surface area contributed by atoms with E-state index < -0.39 is 28.7 Å². The van der Waals surface area contributed by atoms with E-state index in [4.69, 9.17) is 5.11 Å². The molecule has 0 radical (unpaired) electrons. The van der Waals surface area contributed by atoms with Crippen molar-refractivity contribution < 1.29 is 24.4 Å². The van der Waals surface area contributed by atoms with Gasteiger partial charge < -0.3 is 10.4 Å². The normalized spacial score (nSPS) is 18.0. The maximum absolute atomic E-state index is 11.8. The first-order valence-corrected chi connectivity index (χ1v) is 5.90. The lowest BCUT2D eigenvalue weighted by molar-refractivity contribution is -0.384. The summed E-state index contributed by atoms with van der Waals surface area (Å²) in [5, 5.41) is 22.4. The van der Waals surface area contributed by atoms with Crippen molar-refractivity contribution in [2.75, 3.05) is 12.4 Å². The monoisotopic (exact) mass is 293 g/mol. The third-order valence-electron chi connectivity index (χ3n) is 3.15. The Kier molecular flexibility index (Phi) is 3.57. The zero-order chi connectivity index (χ0) is 15.7. The maximum Gasteiger partial charge on any atom is 0.335 e. The van der Waals surface area contributed by atoms with Gasteiger partial charge in [-0.05, 0) is 12.1 Å². The van der Waals surface area contributed by atoms with Gasteiger partial charge in [0.25, 0.3) is 11.6 Å². The Morgan fingerprint density at radius 1 is 1.48 bits per heavy atom. The second kappa shape index (κ2) is 5.19. The second-order valence-electron chi connectivity index (χ2n) is 4.49. The summed E-state index contributed by atoms with van der Waals surface area (Å²) in [5.41, 5.74) is -0.635. The quantitative estimate of drug-likeness (QED) is 0.468. The topological polar surface area (TPSA) is 130 Å². The van der Waals surface area contributed by atoms with Gasteiger partial charge in [-0.1, -0.05) is 0 Å². The average Bonchev–Trinajstić information content (AvgIpc) is 2.66. The predicted octanol–water partition coefficient (Wildman–Crippen LogP) is 0.462. The number of benzene rings is 1. The Hall–Kier alpha value is -2.97. The number of amides is 2. The van der Waals surface area contributed by atoms with E-state index in [9.17, 15) is 24.5 Å². The van der Waals surface area contributed by atoms with E-state index in [0.29, 0.717) is 0 Å². The zero-order valence-electron chi connectivity index (χ0n) is 10.9. The standard InChI is InChI=1S/C12H11N3O6/c1-14-10(16)5-8(11(14)17)13-7-4-6(12(18)19)2-3-9(7)15(20)21/h2-4,8,13H,5H2,1H3,(H,18,19). The summed E-state index contributed by atoms with van der Waals surface area (Å²) < 4.78 is 0. The van der Waals surface area contributed by atoms with Gasteiger partial charge in [0.15, 0.2) is 0 Å². The van der Waals surface area contributed by atoms with Crippen LogP contribution in [0.2, 0.25) is 0 Å². The van der Waals surface area contributed by atoms with Gasteiger partial charge in [-0.15, -0.1) is 0 Å². The van der Waals surface area contributed by atoms with Crippen LogP contribution < -0.4 is 5.32 Å². The number of rotatable bonds is 4. The molecule has 2 amide bonds. The molecule has 2 N–H and O–H groups in total. The highest BCUT2D eigenvalue weighted by molar-refractivity contribution is 6.06. The third kappa shape index (κ3) is 2.66. The van der Waals surface area contributed by atoms with Crippen LogP contribution in [0.1, 0.15) is 16.8 Å². The van der Waals surface area contributed by atoms with Gasteiger partial charge in [-0.2, -0.15) is 0 Å². The minimum atomic E-state index is -1.25. The highest BCUT2D eigenvalue weighted by atomic mass is 16.6. The summed E-state index contributed by atoms with van der Waals surface area (Å²) in [7, 11) is 1.31. The molecule has 0 saturated carbocycles. The van der Waals surface area contributed by atoms with E-state index in [1.807, 2.05) is 0 Å². The molecule has 110 valence electrons. The number of carbonyl (C=O) groups excluding carboxylic acids is 2. The number of hydrogen-bond acceptors (Lipinski definition) is 6. The molecule has 1 atom stereocenters. The molecule has 1 heterocycles. The van der Waals surface area contributed by atoms with Crippen LogP contribution in [0.5, 0.6) is 0 Å². The molecule has 1 aromatic rings. The lowest BCUT2D eigenvalue weighted by Crippen LogP contribution is -2.32. The molecule has 1 aromatic carbocycles. The molecule has 0 spiro atoms. The maximum atomic E-state index is 11.8. The average molecular weight is 293 g/mol. The number of likely N-dealkylation sites (tertiary alicyclic amines) is 1. The van der Waals surface area contributed by atoms with Gasteiger partial charge in [-0.25, -0.2) is 4.79 Å². The van der Waals surface area contributed by atoms with Gasteiger partial charge in [0.2, 0.25) is 5.91 Å². The summed E-state index contributed by atoms with van der Waals surface area (Å²) in [6.45, 7) is 0. The number of imide groups is 1. The lowest BCUT2D eigenvalue weighted by atomic mass is 10.1. The van der Waals surface area contributed by atoms with E-state index in [1.165, 1.54) is 7.05 Å². The van der Waals surface area contributed by atoms with Crippen molar-refractivity contribution in [2.24, 2.45) is 0 Å². The van der Waals surface area contributed by atoms with Crippen molar-refractivity contribution in [2.45, 2.75) is 12.5 Å². The summed E-state index contributed by atoms with van der Waals surface area (Å²) >= 11 is 0. The first-order chi connectivity index (χ1) is 9.81. The first-order valence-electron chi connectivity index (χ1n) is 5.90. The smallest absolute Gasteiger partial charge is 0.335 e. The molecule has 2 rings (SSSR count). The molecule has 1 fully saturated rings. The zero-order valence-corrected chi connectivity index (χ0v) is 10.9. The molecular weight excluding hydrogens is 282 g/mol. The molecular formula is C12H11N3O6. The van der Waals surface area contributed by atoms with Gasteiger partial charge in [0, 0.05) is 13.1 Å². The van der Waals surface area contributed by atoms with Gasteiger partial charge in [-0.3, -0.25) is 24.6 Å². The van der Waals surface area contributed by atoms with E-state index >= 15 is 0 Å². The molecule has 0 aliphatic carbocycles. The fourth-order valence-corrected chi connectivity index (χ4v) is 2.00. The SMILES string of the molecule is CN1C(=O)CC(Nc2cc(C(=O)O)ccc2[N+](=O)[O-])C1=O. The molecule has 21 heavy (non-hydrogen) atoms. The minimum Gasteiger partial charge on any atom is -0.478 e. The number of anilines is 1. The van der Waals surface area contributed by atoms with Crippen LogP contribution >= 0.6 is 0 Å². The van der Waals surface area contributed by atoms with Gasteiger partial charge >= 0.3 is 5.97 Å². The van der Waals surface area contributed by atoms with Crippen LogP contribution in [-0.4, -0.2) is 45.8 Å². The minimum absolute atomic E-state index is 0.110. The molecule has 0 aromatic heterocycles. The molecule has 1 aliphatic rings. The number of nitro groups is 1. The van der Waals surface area contributed by atoms with Crippen molar-refractivity contribution in [1.82, 2.24) is 4.90 Å². The Balaban J connectivity index is 2.36. The van der Waals surface area contributed by atoms with E-state index in [-0.39, 0.29) is 23.4 Å². The highest BCUT2D eigenvalue weighted by Crippen LogP contribution is 2.28. The van der Waals surface area contributed by atoms with Crippen molar-refractivity contribution in [3.05, 3.63) is 33.9 Å². The van der Waals surface area contributed by atoms with Crippen LogP contribution in [-0.2, 0) is 9.59 Å². The molecule has 0 bridgehead atoms. The first kappa shape index (κ1) is 14.4. The summed E-state index contributed by atoms with van der Waals surface area (Å²) in [5.74, 6) is -2.18. The Morgan fingerprint density at radius 2 is 2.14 bits per heavy atom. The largest absolute Gasteiger partial charge is 0.478 e. The molecule has 1 unspecified atom stereocenters. The molecule has 9 nitrogen and oxygen atoms in total. The Labute approximate surface area is 118 Å². The van der Waals surface area contributed by atoms with Crippen LogP contribution in [0.25, 0.3) is 0 Å². The number of nitro benzene ring substituents is 1. The van der Waals surface area contributed by atoms with Gasteiger partial charge in [0.05, 0.1) is 16.9 Å². The fraction of sp³-hybridized carbons (Fsp3) is 0.250. The number of carboxylic acids is 1. The molecule has 9 heteroatoms. The van der Waals surface area contributed by atoms with Crippen molar-refractivity contribution in [3.63, 3.8) is 0 Å². The predicted molar refractivity (Wildman–Crippen MR) is 69.9 cm³/mol. The fourth-order valence-electron chi connectivity index (χ4n) is 2.00. The van der Waals surface area contributed by atoms with Crippen molar-refractivity contribution >= 4 is 29.2 Å². The summed E-state index contributed by atoms with van der Waals surface area (Å²) in [6, 6.07) is 2.26. The van der Waals surface area contributed by atoms with Crippen LogP contribution in [0, 0.1) is 10.1 Å².